The number of rotatable bonds is 6. The molecule has 0 radical (unpaired) electrons. The largest absolute Gasteiger partial charge is 0.360 e. The van der Waals surface area contributed by atoms with Crippen LogP contribution in [0.25, 0.3) is 0 Å². The average Bonchev–Trinajstić information content (AvgIpc) is 2.63. The Kier molecular flexibility index (Phi) is 5.03. The molecule has 2 N–H and O–H groups in total. The van der Waals surface area contributed by atoms with E-state index in [2.05, 4.69) is 20.8 Å². The lowest BCUT2D eigenvalue weighted by Crippen LogP contribution is -2.37. The molecule has 0 saturated carbocycles. The summed E-state index contributed by atoms with van der Waals surface area (Å²) in [6.07, 6.45) is 1.13. The molecule has 1 heterocycles. The van der Waals surface area contributed by atoms with Crippen molar-refractivity contribution in [2.75, 3.05) is 23.9 Å². The zero-order valence-electron chi connectivity index (χ0n) is 10.4. The molecule has 0 bridgehead atoms. The van der Waals surface area contributed by atoms with E-state index >= 15 is 0 Å². The molecule has 1 amide bonds. The molecule has 0 saturated heterocycles. The van der Waals surface area contributed by atoms with Crippen LogP contribution in [0.15, 0.2) is 0 Å². The molecule has 102 valence electrons. The lowest BCUT2D eigenvalue weighted by Gasteiger charge is -2.10. The highest BCUT2D eigenvalue weighted by Gasteiger charge is 2.17. The number of nitrogens with one attached hydrogen (secondary N) is 2. The van der Waals surface area contributed by atoms with Gasteiger partial charge in [-0.15, -0.1) is 10.2 Å². The summed E-state index contributed by atoms with van der Waals surface area (Å²) in [6.45, 7) is 4.24. The predicted octanol–water partition coefficient (Wildman–Crippen LogP) is 0.133. The summed E-state index contributed by atoms with van der Waals surface area (Å²) in [5.74, 6) is -0.509. The summed E-state index contributed by atoms with van der Waals surface area (Å²) < 4.78 is 22.1. The van der Waals surface area contributed by atoms with Gasteiger partial charge in [0.1, 0.15) is 9.84 Å². The molecule has 7 nitrogen and oxygen atoms in total. The summed E-state index contributed by atoms with van der Waals surface area (Å²) in [4.78, 5) is 11.7. The van der Waals surface area contributed by atoms with Crippen LogP contribution in [-0.4, -0.2) is 49.1 Å². The van der Waals surface area contributed by atoms with E-state index in [0.717, 1.165) is 17.6 Å². The van der Waals surface area contributed by atoms with E-state index < -0.39 is 21.8 Å². The minimum atomic E-state index is -3.11. The van der Waals surface area contributed by atoms with Gasteiger partial charge in [0.15, 0.2) is 0 Å². The molecular weight excluding hydrogens is 276 g/mol. The summed E-state index contributed by atoms with van der Waals surface area (Å²) in [5, 5.41) is 13.8. The Hall–Kier alpha value is -1.22. The van der Waals surface area contributed by atoms with E-state index in [9.17, 15) is 13.2 Å². The summed E-state index contributed by atoms with van der Waals surface area (Å²) in [7, 11) is -3.11. The van der Waals surface area contributed by atoms with Crippen molar-refractivity contribution in [3.8, 4) is 0 Å². The number of aromatic nitrogens is 2. The van der Waals surface area contributed by atoms with E-state index in [0.29, 0.717) is 11.7 Å². The quantitative estimate of drug-likeness (QED) is 0.773. The summed E-state index contributed by atoms with van der Waals surface area (Å²) in [5.41, 5.74) is 0. The van der Waals surface area contributed by atoms with Crippen LogP contribution in [-0.2, 0) is 9.84 Å². The molecule has 1 aromatic rings. The van der Waals surface area contributed by atoms with E-state index in [4.69, 9.17) is 0 Å². The fourth-order valence-corrected chi connectivity index (χ4v) is 3.03. The highest BCUT2D eigenvalue weighted by molar-refractivity contribution is 7.90. The number of hydrogen-bond acceptors (Lipinski definition) is 7. The van der Waals surface area contributed by atoms with E-state index in [1.807, 2.05) is 6.92 Å². The fraction of sp³-hybridized carbons (Fsp3) is 0.667. The van der Waals surface area contributed by atoms with Gasteiger partial charge in [-0.2, -0.15) is 0 Å². The van der Waals surface area contributed by atoms with E-state index in [1.54, 1.807) is 6.92 Å². The third-order valence-electron chi connectivity index (χ3n) is 1.88. The van der Waals surface area contributed by atoms with Crippen LogP contribution in [0.4, 0.5) is 5.13 Å². The van der Waals surface area contributed by atoms with Gasteiger partial charge in [-0.05, 0) is 13.8 Å². The maximum absolute atomic E-state index is 11.7. The lowest BCUT2D eigenvalue weighted by atomic mass is 10.4. The van der Waals surface area contributed by atoms with E-state index in [1.165, 1.54) is 0 Å². The molecule has 0 aromatic carbocycles. The molecule has 18 heavy (non-hydrogen) atoms. The number of nitrogens with zero attached hydrogens (tertiary/aromatic N) is 2. The summed E-state index contributed by atoms with van der Waals surface area (Å²) >= 11 is 1.13. The zero-order valence-corrected chi connectivity index (χ0v) is 12.1. The van der Waals surface area contributed by atoms with Crippen molar-refractivity contribution in [3.05, 3.63) is 5.01 Å². The van der Waals surface area contributed by atoms with Crippen LogP contribution in [0.3, 0.4) is 0 Å². The first-order valence-corrected chi connectivity index (χ1v) is 8.25. The first-order chi connectivity index (χ1) is 8.31. The normalized spacial score (nSPS) is 13.1. The minimum Gasteiger partial charge on any atom is -0.360 e. The molecule has 1 rings (SSSR count). The third-order valence-corrected chi connectivity index (χ3v) is 3.86. The highest BCUT2D eigenvalue weighted by Crippen LogP contribution is 2.14. The van der Waals surface area contributed by atoms with Gasteiger partial charge in [0.05, 0.1) is 5.75 Å². The maximum atomic E-state index is 11.7. The second kappa shape index (κ2) is 6.10. The molecule has 1 aromatic heterocycles. The second-order valence-corrected chi connectivity index (χ2v) is 7.07. The maximum Gasteiger partial charge on any atom is 0.282 e. The van der Waals surface area contributed by atoms with Crippen LogP contribution in [0.5, 0.6) is 0 Å². The van der Waals surface area contributed by atoms with Gasteiger partial charge in [0.2, 0.25) is 10.1 Å². The Balaban J connectivity index is 2.59. The van der Waals surface area contributed by atoms with Crippen molar-refractivity contribution in [1.82, 2.24) is 15.5 Å². The van der Waals surface area contributed by atoms with Gasteiger partial charge in [0, 0.05) is 18.8 Å². The fourth-order valence-electron chi connectivity index (χ4n) is 1.32. The average molecular weight is 292 g/mol. The standard InChI is InChI=1S/C9H16N4O3S2/c1-4-10-9-13-12-8(17-9)7(14)11-6(2)5-18(3,15)16/h6H,4-5H2,1-3H3,(H,10,13)(H,11,14). The monoisotopic (exact) mass is 292 g/mol. The number of carbonyl (C=O) groups excluding carboxylic acids is 1. The predicted molar refractivity (Wildman–Crippen MR) is 70.7 cm³/mol. The van der Waals surface area contributed by atoms with Crippen molar-refractivity contribution in [1.29, 1.82) is 0 Å². The van der Waals surface area contributed by atoms with Crippen molar-refractivity contribution >= 4 is 32.2 Å². The Labute approximate surface area is 110 Å². The van der Waals surface area contributed by atoms with Crippen LogP contribution in [0, 0.1) is 0 Å². The molecule has 9 heteroatoms. The van der Waals surface area contributed by atoms with Crippen molar-refractivity contribution in [3.63, 3.8) is 0 Å². The number of carbonyl (C=O) groups is 1. The zero-order chi connectivity index (χ0) is 13.8. The summed E-state index contributed by atoms with van der Waals surface area (Å²) in [6, 6.07) is -0.459. The van der Waals surface area contributed by atoms with Crippen LogP contribution in [0.1, 0.15) is 23.6 Å². The topological polar surface area (TPSA) is 101 Å². The SMILES string of the molecule is CCNc1nnc(C(=O)NC(C)CS(C)(=O)=O)s1. The van der Waals surface area contributed by atoms with Crippen LogP contribution >= 0.6 is 11.3 Å². The first-order valence-electron chi connectivity index (χ1n) is 5.37. The van der Waals surface area contributed by atoms with Gasteiger partial charge in [0.25, 0.3) is 5.91 Å². The van der Waals surface area contributed by atoms with Crippen LogP contribution in [0.2, 0.25) is 0 Å². The molecule has 0 aliphatic rings. The van der Waals surface area contributed by atoms with Gasteiger partial charge >= 0.3 is 0 Å². The molecule has 1 unspecified atom stereocenters. The van der Waals surface area contributed by atoms with Crippen molar-refractivity contribution in [2.24, 2.45) is 0 Å². The Morgan fingerprint density at radius 3 is 2.67 bits per heavy atom. The number of sulfone groups is 1. The minimum absolute atomic E-state index is 0.0996. The van der Waals surface area contributed by atoms with Crippen molar-refractivity contribution < 1.29 is 13.2 Å². The Bertz CT molecular complexity index is 512. The van der Waals surface area contributed by atoms with Crippen molar-refractivity contribution in [2.45, 2.75) is 19.9 Å². The smallest absolute Gasteiger partial charge is 0.282 e. The molecule has 0 spiro atoms. The third kappa shape index (κ3) is 4.96. The molecule has 0 fully saturated rings. The van der Waals surface area contributed by atoms with Gasteiger partial charge in [-0.3, -0.25) is 4.79 Å². The van der Waals surface area contributed by atoms with Gasteiger partial charge < -0.3 is 10.6 Å². The first kappa shape index (κ1) is 14.8. The van der Waals surface area contributed by atoms with Crippen LogP contribution < -0.4 is 10.6 Å². The Morgan fingerprint density at radius 1 is 1.44 bits per heavy atom. The second-order valence-electron chi connectivity index (χ2n) is 3.91. The van der Waals surface area contributed by atoms with Gasteiger partial charge in [-0.25, -0.2) is 8.42 Å². The number of anilines is 1. The molecular formula is C9H16N4O3S2. The molecule has 0 aliphatic heterocycles. The number of hydrogen-bond donors (Lipinski definition) is 2. The number of amides is 1. The highest BCUT2D eigenvalue weighted by atomic mass is 32.2. The molecule has 0 aliphatic carbocycles. The lowest BCUT2D eigenvalue weighted by molar-refractivity contribution is 0.0942. The van der Waals surface area contributed by atoms with Gasteiger partial charge in [-0.1, -0.05) is 11.3 Å². The van der Waals surface area contributed by atoms with E-state index in [-0.39, 0.29) is 10.8 Å². The Morgan fingerprint density at radius 2 is 2.11 bits per heavy atom. The molecule has 1 atom stereocenters.